The SMILES string of the molecule is CCC(S)c1cc(C(C)(C)c2ccc(C(C)(C)C)c(CC(C)S)c2)ccc1C(C)(C)C. The summed E-state index contributed by atoms with van der Waals surface area (Å²) < 4.78 is 0. The van der Waals surface area contributed by atoms with Gasteiger partial charge < -0.3 is 0 Å². The van der Waals surface area contributed by atoms with Gasteiger partial charge in [0.15, 0.2) is 0 Å². The third kappa shape index (κ3) is 6.14. The van der Waals surface area contributed by atoms with Crippen molar-refractivity contribution >= 4 is 25.3 Å². The minimum atomic E-state index is -0.0859. The van der Waals surface area contributed by atoms with Crippen LogP contribution in [0.5, 0.6) is 0 Å². The highest BCUT2D eigenvalue weighted by atomic mass is 32.1. The molecule has 2 atom stereocenters. The van der Waals surface area contributed by atoms with Crippen molar-refractivity contribution in [1.82, 2.24) is 0 Å². The molecule has 172 valence electrons. The Balaban J connectivity index is 2.63. The third-order valence-electron chi connectivity index (χ3n) is 6.48. The zero-order chi connectivity index (χ0) is 23.8. The molecule has 31 heavy (non-hydrogen) atoms. The van der Waals surface area contributed by atoms with E-state index in [4.69, 9.17) is 25.3 Å². The van der Waals surface area contributed by atoms with Crippen molar-refractivity contribution in [2.24, 2.45) is 0 Å². The van der Waals surface area contributed by atoms with E-state index in [9.17, 15) is 0 Å². The van der Waals surface area contributed by atoms with Crippen molar-refractivity contribution in [3.8, 4) is 0 Å². The molecule has 0 nitrogen and oxygen atoms in total. The fourth-order valence-electron chi connectivity index (χ4n) is 4.50. The number of hydrogen-bond acceptors (Lipinski definition) is 2. The maximum atomic E-state index is 4.94. The average Bonchev–Trinajstić information content (AvgIpc) is 2.64. The average molecular weight is 457 g/mol. The van der Waals surface area contributed by atoms with Gasteiger partial charge >= 0.3 is 0 Å². The Kier molecular flexibility index (Phi) is 8.14. The Hall–Kier alpha value is -0.860. The second-order valence-electron chi connectivity index (χ2n) is 11.8. The molecule has 0 saturated heterocycles. The van der Waals surface area contributed by atoms with E-state index in [2.05, 4.69) is 106 Å². The number of hydrogen-bond donors (Lipinski definition) is 2. The summed E-state index contributed by atoms with van der Waals surface area (Å²) in [6.45, 7) is 22.9. The van der Waals surface area contributed by atoms with Crippen LogP contribution in [0.3, 0.4) is 0 Å². The zero-order valence-electron chi connectivity index (χ0n) is 21.4. The Morgan fingerprint density at radius 3 is 1.68 bits per heavy atom. The summed E-state index contributed by atoms with van der Waals surface area (Å²) in [4.78, 5) is 0. The monoisotopic (exact) mass is 456 g/mol. The lowest BCUT2D eigenvalue weighted by Crippen LogP contribution is -2.23. The molecule has 0 fully saturated rings. The van der Waals surface area contributed by atoms with Gasteiger partial charge in [-0.1, -0.05) is 106 Å². The van der Waals surface area contributed by atoms with Gasteiger partial charge in [0.1, 0.15) is 0 Å². The first-order valence-electron chi connectivity index (χ1n) is 11.7. The first-order valence-corrected chi connectivity index (χ1v) is 12.8. The van der Waals surface area contributed by atoms with Crippen molar-refractivity contribution in [2.45, 2.75) is 109 Å². The molecule has 0 bridgehead atoms. The zero-order valence-corrected chi connectivity index (χ0v) is 23.2. The van der Waals surface area contributed by atoms with Gasteiger partial charge in [-0.05, 0) is 57.1 Å². The molecule has 0 aliphatic rings. The molecule has 2 rings (SSSR count). The van der Waals surface area contributed by atoms with Gasteiger partial charge in [-0.3, -0.25) is 0 Å². The van der Waals surface area contributed by atoms with Gasteiger partial charge in [-0.25, -0.2) is 0 Å². The summed E-state index contributed by atoms with van der Waals surface area (Å²) in [6.07, 6.45) is 2.02. The minimum Gasteiger partial charge on any atom is -0.176 e. The highest BCUT2D eigenvalue weighted by Crippen LogP contribution is 2.40. The van der Waals surface area contributed by atoms with Gasteiger partial charge in [-0.15, -0.1) is 0 Å². The Morgan fingerprint density at radius 1 is 0.742 bits per heavy atom. The van der Waals surface area contributed by atoms with Crippen LogP contribution in [0.25, 0.3) is 0 Å². The first-order chi connectivity index (χ1) is 14.1. The summed E-state index contributed by atoms with van der Waals surface area (Å²) in [7, 11) is 0. The Bertz CT molecular complexity index is 892. The summed E-state index contributed by atoms with van der Waals surface area (Å²) in [5.74, 6) is 0. The third-order valence-corrected chi connectivity index (χ3v) is 7.30. The standard InChI is InChI=1S/C29H44S2/c1-11-26(31)23-18-22(13-15-25(23)28(6,7)8)29(9,10)21-12-14-24(27(3,4)5)20(17-21)16-19(2)30/h12-15,17-19,26,30-31H,11,16H2,1-10H3. The molecule has 2 aromatic rings. The van der Waals surface area contributed by atoms with E-state index < -0.39 is 0 Å². The number of benzene rings is 2. The fourth-order valence-corrected chi connectivity index (χ4v) is 4.91. The number of thiol groups is 2. The smallest absolute Gasteiger partial charge is 0.0267 e. The van der Waals surface area contributed by atoms with E-state index >= 15 is 0 Å². The number of rotatable bonds is 6. The highest BCUT2D eigenvalue weighted by Gasteiger charge is 2.29. The summed E-state index contributed by atoms with van der Waals surface area (Å²) in [6, 6.07) is 14.2. The van der Waals surface area contributed by atoms with Crippen LogP contribution < -0.4 is 0 Å². The van der Waals surface area contributed by atoms with Crippen LogP contribution in [-0.2, 0) is 22.7 Å². The molecule has 0 amide bonds. The predicted octanol–water partition coefficient (Wildman–Crippen LogP) is 8.85. The molecular formula is C29H44S2. The van der Waals surface area contributed by atoms with E-state index in [1.165, 1.54) is 33.4 Å². The topological polar surface area (TPSA) is 0 Å². The largest absolute Gasteiger partial charge is 0.176 e. The molecule has 0 aliphatic carbocycles. The van der Waals surface area contributed by atoms with Gasteiger partial charge in [-0.2, -0.15) is 25.3 Å². The van der Waals surface area contributed by atoms with E-state index in [0.29, 0.717) is 5.25 Å². The lowest BCUT2D eigenvalue weighted by molar-refractivity contribution is 0.573. The van der Waals surface area contributed by atoms with Crippen molar-refractivity contribution < 1.29 is 0 Å². The highest BCUT2D eigenvalue weighted by molar-refractivity contribution is 7.81. The summed E-state index contributed by atoms with van der Waals surface area (Å²) in [5, 5.41) is 0.598. The molecule has 2 heteroatoms. The van der Waals surface area contributed by atoms with Crippen LogP contribution in [0, 0.1) is 0 Å². The lowest BCUT2D eigenvalue weighted by Gasteiger charge is -2.32. The van der Waals surface area contributed by atoms with Crippen LogP contribution in [-0.4, -0.2) is 5.25 Å². The summed E-state index contributed by atoms with van der Waals surface area (Å²) in [5.41, 5.74) is 8.51. The molecule has 0 aromatic heterocycles. The fraction of sp³-hybridized carbons (Fsp3) is 0.586. The normalized spacial score (nSPS) is 15.1. The summed E-state index contributed by atoms with van der Waals surface area (Å²) >= 11 is 9.65. The van der Waals surface area contributed by atoms with E-state index in [1.807, 2.05) is 0 Å². The Labute approximate surface area is 203 Å². The van der Waals surface area contributed by atoms with E-state index in [0.717, 1.165) is 12.8 Å². The predicted molar refractivity (Wildman–Crippen MR) is 147 cm³/mol. The van der Waals surface area contributed by atoms with Gasteiger partial charge in [0.2, 0.25) is 0 Å². The molecule has 2 unspecified atom stereocenters. The molecule has 0 spiro atoms. The molecular weight excluding hydrogens is 412 g/mol. The molecule has 0 radical (unpaired) electrons. The van der Waals surface area contributed by atoms with Gasteiger partial charge in [0.25, 0.3) is 0 Å². The van der Waals surface area contributed by atoms with Gasteiger partial charge in [0, 0.05) is 15.9 Å². The maximum absolute atomic E-state index is 4.94. The van der Waals surface area contributed by atoms with Crippen LogP contribution in [0.1, 0.15) is 114 Å². The van der Waals surface area contributed by atoms with Crippen molar-refractivity contribution in [1.29, 1.82) is 0 Å². The minimum absolute atomic E-state index is 0.0859. The molecule has 0 aliphatic heterocycles. The molecule has 0 N–H and O–H groups in total. The van der Waals surface area contributed by atoms with Gasteiger partial charge in [0.05, 0.1) is 0 Å². The molecule has 0 heterocycles. The van der Waals surface area contributed by atoms with Crippen LogP contribution >= 0.6 is 25.3 Å². The van der Waals surface area contributed by atoms with E-state index in [-0.39, 0.29) is 21.5 Å². The van der Waals surface area contributed by atoms with Crippen LogP contribution in [0.15, 0.2) is 36.4 Å². The van der Waals surface area contributed by atoms with Crippen molar-refractivity contribution in [3.63, 3.8) is 0 Å². The second kappa shape index (κ2) is 9.56. The van der Waals surface area contributed by atoms with Crippen LogP contribution in [0.4, 0.5) is 0 Å². The van der Waals surface area contributed by atoms with Crippen molar-refractivity contribution in [2.75, 3.05) is 0 Å². The lowest BCUT2D eigenvalue weighted by atomic mass is 9.73. The molecule has 2 aromatic carbocycles. The van der Waals surface area contributed by atoms with Crippen molar-refractivity contribution in [3.05, 3.63) is 69.8 Å². The Morgan fingerprint density at radius 2 is 1.23 bits per heavy atom. The first kappa shape index (κ1) is 26.4. The van der Waals surface area contributed by atoms with E-state index in [1.54, 1.807) is 0 Å². The quantitative estimate of drug-likeness (QED) is 0.398. The maximum Gasteiger partial charge on any atom is 0.0267 e. The molecule has 0 saturated carbocycles. The van der Waals surface area contributed by atoms with Crippen LogP contribution in [0.2, 0.25) is 0 Å². The second-order valence-corrected chi connectivity index (χ2v) is 13.3.